The van der Waals surface area contributed by atoms with Crippen molar-refractivity contribution < 1.29 is 9.84 Å². The van der Waals surface area contributed by atoms with Gasteiger partial charge in [0.1, 0.15) is 11.5 Å². The molecule has 2 aromatic carbocycles. The van der Waals surface area contributed by atoms with Crippen molar-refractivity contribution in [3.8, 4) is 11.5 Å². The van der Waals surface area contributed by atoms with E-state index in [0.717, 1.165) is 18.1 Å². The van der Waals surface area contributed by atoms with Crippen LogP contribution in [0.15, 0.2) is 47.5 Å². The number of phenols is 1. The van der Waals surface area contributed by atoms with Crippen LogP contribution in [0.1, 0.15) is 16.7 Å². The number of aryl methyl sites for hydroxylation is 1. The minimum atomic E-state index is 0.249. The second-order valence-electron chi connectivity index (χ2n) is 5.52. The van der Waals surface area contributed by atoms with Crippen LogP contribution in [-0.4, -0.2) is 31.8 Å². The van der Waals surface area contributed by atoms with Gasteiger partial charge in [0.15, 0.2) is 5.96 Å². The normalized spacial score (nSPS) is 11.2. The van der Waals surface area contributed by atoms with Crippen molar-refractivity contribution in [3.63, 3.8) is 0 Å². The molecule has 0 atom stereocenters. The lowest BCUT2D eigenvalue weighted by Gasteiger charge is -2.13. The van der Waals surface area contributed by atoms with Crippen LogP contribution in [0, 0.1) is 6.92 Å². The van der Waals surface area contributed by atoms with Gasteiger partial charge in [0.25, 0.3) is 0 Å². The van der Waals surface area contributed by atoms with E-state index in [-0.39, 0.29) is 5.75 Å². The molecule has 0 bridgehead atoms. The number of hydrogen-bond donors (Lipinski definition) is 3. The van der Waals surface area contributed by atoms with Gasteiger partial charge in [-0.15, -0.1) is 0 Å². The highest BCUT2D eigenvalue weighted by molar-refractivity contribution is 5.79. The predicted octanol–water partition coefficient (Wildman–Crippen LogP) is 2.62. The third-order valence-electron chi connectivity index (χ3n) is 3.91. The minimum Gasteiger partial charge on any atom is -0.508 e. The van der Waals surface area contributed by atoms with E-state index in [0.29, 0.717) is 18.7 Å². The van der Waals surface area contributed by atoms with Crippen molar-refractivity contribution in [1.82, 2.24) is 10.6 Å². The number of aliphatic imine (C=N–C) groups is 1. The van der Waals surface area contributed by atoms with Gasteiger partial charge >= 0.3 is 0 Å². The predicted molar refractivity (Wildman–Crippen MR) is 97.7 cm³/mol. The molecule has 24 heavy (non-hydrogen) atoms. The van der Waals surface area contributed by atoms with Gasteiger partial charge in [-0.2, -0.15) is 0 Å². The Bertz CT molecular complexity index is 699. The molecule has 0 aliphatic carbocycles. The molecule has 5 nitrogen and oxygen atoms in total. The Labute approximate surface area is 143 Å². The summed E-state index contributed by atoms with van der Waals surface area (Å²) in [5.41, 5.74) is 3.37. The molecule has 0 saturated carbocycles. The van der Waals surface area contributed by atoms with Crippen molar-refractivity contribution in [2.75, 3.05) is 20.7 Å². The lowest BCUT2D eigenvalue weighted by atomic mass is 10.1. The van der Waals surface area contributed by atoms with E-state index in [4.69, 9.17) is 4.74 Å². The average Bonchev–Trinajstić information content (AvgIpc) is 2.60. The summed E-state index contributed by atoms with van der Waals surface area (Å²) >= 11 is 0. The summed E-state index contributed by atoms with van der Waals surface area (Å²) in [7, 11) is 3.33. The van der Waals surface area contributed by atoms with Crippen molar-refractivity contribution in [2.24, 2.45) is 4.99 Å². The van der Waals surface area contributed by atoms with E-state index in [1.54, 1.807) is 20.2 Å². The Morgan fingerprint density at radius 3 is 2.58 bits per heavy atom. The molecule has 0 aromatic heterocycles. The van der Waals surface area contributed by atoms with Crippen molar-refractivity contribution >= 4 is 5.96 Å². The van der Waals surface area contributed by atoms with Gasteiger partial charge in [-0.25, -0.2) is 0 Å². The standard InChI is InChI=1S/C19H25N3O2/c1-14-6-4-5-7-16(14)13-22-19(20-2)21-11-10-15-8-9-17(24-3)12-18(15)23/h4-9,12,23H,10-11,13H2,1-3H3,(H2,20,21,22). The SMILES string of the molecule is CN=C(NCCc1ccc(OC)cc1O)NCc1ccccc1C. The highest BCUT2D eigenvalue weighted by Crippen LogP contribution is 2.23. The van der Waals surface area contributed by atoms with Crippen LogP contribution in [0.5, 0.6) is 11.5 Å². The Morgan fingerprint density at radius 2 is 1.92 bits per heavy atom. The van der Waals surface area contributed by atoms with Crippen molar-refractivity contribution in [2.45, 2.75) is 19.9 Å². The second-order valence-corrected chi connectivity index (χ2v) is 5.52. The molecule has 0 fully saturated rings. The number of methoxy groups -OCH3 is 1. The fraction of sp³-hybridized carbons (Fsp3) is 0.316. The van der Waals surface area contributed by atoms with Crippen LogP contribution in [-0.2, 0) is 13.0 Å². The van der Waals surface area contributed by atoms with Crippen LogP contribution in [0.3, 0.4) is 0 Å². The zero-order valence-corrected chi connectivity index (χ0v) is 14.5. The lowest BCUT2D eigenvalue weighted by Crippen LogP contribution is -2.38. The van der Waals surface area contributed by atoms with Crippen LogP contribution in [0.25, 0.3) is 0 Å². The van der Waals surface area contributed by atoms with E-state index in [1.807, 2.05) is 24.3 Å². The van der Waals surface area contributed by atoms with Gasteiger partial charge < -0.3 is 20.5 Å². The molecule has 0 unspecified atom stereocenters. The van der Waals surface area contributed by atoms with Gasteiger partial charge in [0.2, 0.25) is 0 Å². The molecule has 0 aliphatic heterocycles. The minimum absolute atomic E-state index is 0.249. The number of phenolic OH excluding ortho intramolecular Hbond substituents is 1. The molecule has 0 aliphatic rings. The molecule has 3 N–H and O–H groups in total. The molecular formula is C19H25N3O2. The van der Waals surface area contributed by atoms with Crippen LogP contribution >= 0.6 is 0 Å². The second kappa shape index (κ2) is 8.82. The molecule has 0 saturated heterocycles. The van der Waals surface area contributed by atoms with E-state index in [9.17, 15) is 5.11 Å². The highest BCUT2D eigenvalue weighted by Gasteiger charge is 2.04. The van der Waals surface area contributed by atoms with E-state index in [2.05, 4.69) is 34.7 Å². The fourth-order valence-corrected chi connectivity index (χ4v) is 2.41. The topological polar surface area (TPSA) is 65.9 Å². The van der Waals surface area contributed by atoms with Crippen LogP contribution < -0.4 is 15.4 Å². The third kappa shape index (κ3) is 4.91. The van der Waals surface area contributed by atoms with Crippen molar-refractivity contribution in [1.29, 1.82) is 0 Å². The smallest absolute Gasteiger partial charge is 0.191 e. The number of aromatic hydroxyl groups is 1. The molecule has 0 radical (unpaired) electrons. The molecule has 0 amide bonds. The van der Waals surface area contributed by atoms with Crippen LogP contribution in [0.4, 0.5) is 0 Å². The van der Waals surface area contributed by atoms with Gasteiger partial charge in [0, 0.05) is 26.2 Å². The summed E-state index contributed by atoms with van der Waals surface area (Å²) in [6.45, 7) is 3.49. The zero-order chi connectivity index (χ0) is 17.4. The number of nitrogens with one attached hydrogen (secondary N) is 2. The van der Waals surface area contributed by atoms with Crippen LogP contribution in [0.2, 0.25) is 0 Å². The first-order valence-corrected chi connectivity index (χ1v) is 7.99. The monoisotopic (exact) mass is 327 g/mol. The molecule has 0 heterocycles. The van der Waals surface area contributed by atoms with Gasteiger partial charge in [-0.1, -0.05) is 30.3 Å². The fourth-order valence-electron chi connectivity index (χ4n) is 2.41. The summed E-state index contributed by atoms with van der Waals surface area (Å²) in [5, 5.41) is 16.5. The molecule has 0 spiro atoms. The number of ether oxygens (including phenoxy) is 1. The summed E-state index contributed by atoms with van der Waals surface area (Å²) in [4.78, 5) is 4.23. The Balaban J connectivity index is 1.83. The van der Waals surface area contributed by atoms with Gasteiger partial charge in [-0.3, -0.25) is 4.99 Å². The van der Waals surface area contributed by atoms with E-state index in [1.165, 1.54) is 11.1 Å². The van der Waals surface area contributed by atoms with Gasteiger partial charge in [0.05, 0.1) is 7.11 Å². The maximum atomic E-state index is 9.97. The first-order valence-electron chi connectivity index (χ1n) is 7.99. The largest absolute Gasteiger partial charge is 0.508 e. The molecule has 2 aromatic rings. The van der Waals surface area contributed by atoms with Gasteiger partial charge in [-0.05, 0) is 36.1 Å². The quantitative estimate of drug-likeness (QED) is 0.564. The lowest BCUT2D eigenvalue weighted by molar-refractivity contribution is 0.406. The summed E-state index contributed by atoms with van der Waals surface area (Å²) in [5.74, 6) is 1.64. The molecule has 5 heteroatoms. The number of hydrogen-bond acceptors (Lipinski definition) is 3. The molecule has 2 rings (SSSR count). The third-order valence-corrected chi connectivity index (χ3v) is 3.91. The average molecular weight is 327 g/mol. The summed E-state index contributed by atoms with van der Waals surface area (Å²) < 4.78 is 5.09. The first-order chi connectivity index (χ1) is 11.6. The maximum Gasteiger partial charge on any atom is 0.191 e. The summed E-state index contributed by atoms with van der Waals surface area (Å²) in [6.07, 6.45) is 0.695. The highest BCUT2D eigenvalue weighted by atomic mass is 16.5. The Hall–Kier alpha value is -2.69. The van der Waals surface area contributed by atoms with E-state index >= 15 is 0 Å². The van der Waals surface area contributed by atoms with Crippen molar-refractivity contribution in [3.05, 3.63) is 59.2 Å². The Morgan fingerprint density at radius 1 is 1.12 bits per heavy atom. The molecular weight excluding hydrogens is 302 g/mol. The number of rotatable bonds is 6. The molecule has 128 valence electrons. The zero-order valence-electron chi connectivity index (χ0n) is 14.5. The number of nitrogens with zero attached hydrogens (tertiary/aromatic N) is 1. The summed E-state index contributed by atoms with van der Waals surface area (Å²) in [6, 6.07) is 13.6. The Kier molecular flexibility index (Phi) is 6.49. The maximum absolute atomic E-state index is 9.97. The van der Waals surface area contributed by atoms with E-state index < -0.39 is 0 Å². The first kappa shape index (κ1) is 17.7. The number of guanidine groups is 1. The number of benzene rings is 2.